The number of aromatic nitrogens is 1. The molecule has 2 amide bonds. The Hall–Kier alpha value is -2.79. The molecule has 2 heterocycles. The summed E-state index contributed by atoms with van der Waals surface area (Å²) in [6, 6.07) is 20.2. The highest BCUT2D eigenvalue weighted by Crippen LogP contribution is 2.66. The third-order valence-corrected chi connectivity index (χ3v) is 8.02. The van der Waals surface area contributed by atoms with E-state index in [0.717, 1.165) is 27.8 Å². The lowest BCUT2D eigenvalue weighted by Gasteiger charge is -2.51. The predicted molar refractivity (Wildman–Crippen MR) is 111 cm³/mol. The number of alkyl halides is 1. The Balaban J connectivity index is 1.55. The zero-order chi connectivity index (χ0) is 19.8. The summed E-state index contributed by atoms with van der Waals surface area (Å²) in [6.45, 7) is 0.265. The SMILES string of the molecule is O=C1[C@@H]2C3c4ccccc4C(Br)(c4ccccc43)[C@@H]2C(=O)N1Cc1cccnc1. The average molecular weight is 445 g/mol. The number of imide groups is 1. The molecule has 2 aromatic carbocycles. The fourth-order valence-electron chi connectivity index (χ4n) is 5.57. The van der Waals surface area contributed by atoms with Gasteiger partial charge in [-0.25, -0.2) is 0 Å². The number of rotatable bonds is 2. The number of hydrogen-bond acceptors (Lipinski definition) is 3. The monoisotopic (exact) mass is 444 g/mol. The summed E-state index contributed by atoms with van der Waals surface area (Å²) in [7, 11) is 0. The molecule has 5 heteroatoms. The highest BCUT2D eigenvalue weighted by atomic mass is 79.9. The first kappa shape index (κ1) is 17.1. The Morgan fingerprint density at radius 1 is 0.897 bits per heavy atom. The van der Waals surface area contributed by atoms with Crippen LogP contribution in [0.4, 0.5) is 0 Å². The fraction of sp³-hybridized carbons (Fsp3) is 0.208. The van der Waals surface area contributed by atoms with Crippen LogP contribution in [0.1, 0.15) is 33.7 Å². The standard InChI is InChI=1S/C24H17BrN2O2/c25-24-17-9-3-1-7-15(17)19(16-8-2-4-10-18(16)24)20-21(24)23(29)27(22(20)28)13-14-6-5-11-26-12-14/h1-12,19-21H,13H2/t19?,20-,21+,24?/m1/s1. The van der Waals surface area contributed by atoms with Gasteiger partial charge in [0.15, 0.2) is 0 Å². The van der Waals surface area contributed by atoms with E-state index in [1.807, 2.05) is 36.4 Å². The van der Waals surface area contributed by atoms with E-state index >= 15 is 0 Å². The quantitative estimate of drug-likeness (QED) is 0.443. The Morgan fingerprint density at radius 3 is 2.17 bits per heavy atom. The van der Waals surface area contributed by atoms with Crippen molar-refractivity contribution >= 4 is 27.7 Å². The van der Waals surface area contributed by atoms with Crippen molar-refractivity contribution < 1.29 is 9.59 Å². The Labute approximate surface area is 176 Å². The first-order valence-corrected chi connectivity index (χ1v) is 10.5. The topological polar surface area (TPSA) is 50.3 Å². The summed E-state index contributed by atoms with van der Waals surface area (Å²) in [5.41, 5.74) is 5.37. The van der Waals surface area contributed by atoms with E-state index in [0.29, 0.717) is 0 Å². The number of amides is 2. The van der Waals surface area contributed by atoms with Crippen molar-refractivity contribution in [2.45, 2.75) is 16.8 Å². The summed E-state index contributed by atoms with van der Waals surface area (Å²) < 4.78 is -0.684. The second-order valence-corrected chi connectivity index (χ2v) is 9.24. The number of halogens is 1. The molecule has 0 radical (unpaired) electrons. The number of nitrogens with zero attached hydrogens (tertiary/aromatic N) is 2. The summed E-state index contributed by atoms with van der Waals surface area (Å²) in [5.74, 6) is -1.11. The molecule has 142 valence electrons. The van der Waals surface area contributed by atoms with Gasteiger partial charge in [-0.1, -0.05) is 70.5 Å². The van der Waals surface area contributed by atoms with Gasteiger partial charge in [0.1, 0.15) is 0 Å². The van der Waals surface area contributed by atoms with Gasteiger partial charge in [0, 0.05) is 18.3 Å². The highest BCUT2D eigenvalue weighted by Gasteiger charge is 2.67. The van der Waals surface area contributed by atoms with Crippen molar-refractivity contribution in [1.29, 1.82) is 0 Å². The molecule has 7 rings (SSSR count). The van der Waals surface area contributed by atoms with Gasteiger partial charge in [0.05, 0.1) is 22.7 Å². The van der Waals surface area contributed by atoms with Crippen molar-refractivity contribution in [2.75, 3.05) is 0 Å². The van der Waals surface area contributed by atoms with Crippen LogP contribution in [0.5, 0.6) is 0 Å². The van der Waals surface area contributed by atoms with Gasteiger partial charge < -0.3 is 0 Å². The molecule has 3 aromatic rings. The number of benzene rings is 2. The molecule has 4 aliphatic rings. The third-order valence-electron chi connectivity index (χ3n) is 6.67. The molecular formula is C24H17BrN2O2. The molecule has 0 unspecified atom stereocenters. The van der Waals surface area contributed by atoms with E-state index in [1.54, 1.807) is 12.4 Å². The van der Waals surface area contributed by atoms with Crippen LogP contribution in [0, 0.1) is 11.8 Å². The summed E-state index contributed by atoms with van der Waals surface area (Å²) >= 11 is 4.01. The largest absolute Gasteiger partial charge is 0.277 e. The van der Waals surface area contributed by atoms with E-state index < -0.39 is 10.2 Å². The van der Waals surface area contributed by atoms with Crippen molar-refractivity contribution in [1.82, 2.24) is 9.88 Å². The van der Waals surface area contributed by atoms with Crippen molar-refractivity contribution in [2.24, 2.45) is 11.8 Å². The van der Waals surface area contributed by atoms with Crippen molar-refractivity contribution in [3.05, 3.63) is 101 Å². The summed E-state index contributed by atoms with van der Waals surface area (Å²) in [6.07, 6.45) is 3.41. The fourth-order valence-corrected chi connectivity index (χ4v) is 6.77. The van der Waals surface area contributed by atoms with Gasteiger partial charge in [-0.15, -0.1) is 0 Å². The van der Waals surface area contributed by atoms with Gasteiger partial charge in [-0.3, -0.25) is 19.5 Å². The summed E-state index contributed by atoms with van der Waals surface area (Å²) in [4.78, 5) is 32.8. The normalized spacial score (nSPS) is 28.9. The predicted octanol–water partition coefficient (Wildman–Crippen LogP) is 3.98. The second-order valence-electron chi connectivity index (χ2n) is 7.99. The number of pyridine rings is 1. The molecule has 2 bridgehead atoms. The number of likely N-dealkylation sites (tertiary alicyclic amines) is 1. The maximum atomic E-state index is 13.6. The van der Waals surface area contributed by atoms with Crippen LogP contribution in [0.15, 0.2) is 73.1 Å². The smallest absolute Gasteiger partial charge is 0.235 e. The molecule has 3 aliphatic carbocycles. The average Bonchev–Trinajstić information content (AvgIpc) is 3.01. The van der Waals surface area contributed by atoms with E-state index in [2.05, 4.69) is 45.2 Å². The minimum atomic E-state index is -0.684. The molecule has 1 fully saturated rings. The zero-order valence-electron chi connectivity index (χ0n) is 15.5. The highest BCUT2D eigenvalue weighted by molar-refractivity contribution is 9.09. The van der Waals surface area contributed by atoms with Crippen LogP contribution in [-0.4, -0.2) is 21.7 Å². The lowest BCUT2D eigenvalue weighted by molar-refractivity contribution is -0.140. The van der Waals surface area contributed by atoms with Crippen LogP contribution >= 0.6 is 15.9 Å². The first-order valence-electron chi connectivity index (χ1n) is 9.74. The van der Waals surface area contributed by atoms with Crippen LogP contribution in [0.2, 0.25) is 0 Å². The third kappa shape index (κ3) is 2.06. The van der Waals surface area contributed by atoms with Gasteiger partial charge in [0.25, 0.3) is 0 Å². The number of hydrogen-bond donors (Lipinski definition) is 0. The van der Waals surface area contributed by atoms with E-state index in [1.165, 1.54) is 4.90 Å². The van der Waals surface area contributed by atoms with E-state index in [-0.39, 0.29) is 30.2 Å². The molecule has 1 aliphatic heterocycles. The molecule has 0 N–H and O–H groups in total. The molecule has 0 saturated carbocycles. The number of carbonyl (C=O) groups is 2. The van der Waals surface area contributed by atoms with Crippen LogP contribution in [0.3, 0.4) is 0 Å². The Morgan fingerprint density at radius 2 is 1.55 bits per heavy atom. The van der Waals surface area contributed by atoms with Crippen LogP contribution in [-0.2, 0) is 20.5 Å². The maximum Gasteiger partial charge on any atom is 0.235 e. The van der Waals surface area contributed by atoms with Gasteiger partial charge in [-0.05, 0) is 33.9 Å². The molecule has 1 saturated heterocycles. The minimum Gasteiger partial charge on any atom is -0.277 e. The van der Waals surface area contributed by atoms with Gasteiger partial charge in [-0.2, -0.15) is 0 Å². The summed E-state index contributed by atoms with van der Waals surface area (Å²) in [5, 5.41) is 0. The molecule has 1 aromatic heterocycles. The Bertz CT molecular complexity index is 1130. The Kier molecular flexibility index (Phi) is 3.46. The second kappa shape index (κ2) is 5.86. The molecule has 0 spiro atoms. The van der Waals surface area contributed by atoms with E-state index in [9.17, 15) is 9.59 Å². The van der Waals surface area contributed by atoms with Gasteiger partial charge >= 0.3 is 0 Å². The molecule has 4 nitrogen and oxygen atoms in total. The number of carbonyl (C=O) groups excluding carboxylic acids is 2. The van der Waals surface area contributed by atoms with E-state index in [4.69, 9.17) is 0 Å². The lowest BCUT2D eigenvalue weighted by atomic mass is 9.55. The van der Waals surface area contributed by atoms with Crippen LogP contribution in [0.25, 0.3) is 0 Å². The molecule has 29 heavy (non-hydrogen) atoms. The van der Waals surface area contributed by atoms with Crippen molar-refractivity contribution in [3.63, 3.8) is 0 Å². The van der Waals surface area contributed by atoms with Crippen molar-refractivity contribution in [3.8, 4) is 0 Å². The van der Waals surface area contributed by atoms with Gasteiger partial charge in [0.2, 0.25) is 11.8 Å². The zero-order valence-corrected chi connectivity index (χ0v) is 17.0. The first-order chi connectivity index (χ1) is 14.1. The maximum absolute atomic E-state index is 13.6. The molecular weight excluding hydrogens is 428 g/mol. The lowest BCUT2D eigenvalue weighted by Crippen LogP contribution is -2.50. The molecule has 2 atom stereocenters. The minimum absolute atomic E-state index is 0.0818. The van der Waals surface area contributed by atoms with Crippen LogP contribution < -0.4 is 0 Å².